The molecule has 0 saturated carbocycles. The SMILES string of the molecule is CN=C(NCC(=O)N(C)CC(F)(F)F)NCC(C)(C)c1cccs1. The first-order chi connectivity index (χ1) is 11.0. The molecule has 0 bridgehead atoms. The lowest BCUT2D eigenvalue weighted by molar-refractivity contribution is -0.157. The second kappa shape index (κ2) is 8.36. The van der Waals surface area contributed by atoms with Crippen molar-refractivity contribution in [3.05, 3.63) is 22.4 Å². The number of nitrogens with zero attached hydrogens (tertiary/aromatic N) is 2. The molecule has 0 fully saturated rings. The van der Waals surface area contributed by atoms with Gasteiger partial charge in [-0.1, -0.05) is 19.9 Å². The molecule has 1 aromatic rings. The molecule has 0 spiro atoms. The lowest BCUT2D eigenvalue weighted by atomic mass is 9.91. The number of guanidine groups is 1. The van der Waals surface area contributed by atoms with E-state index in [1.807, 2.05) is 17.5 Å². The predicted octanol–water partition coefficient (Wildman–Crippen LogP) is 2.21. The zero-order chi connectivity index (χ0) is 18.4. The number of hydrogen-bond acceptors (Lipinski definition) is 3. The summed E-state index contributed by atoms with van der Waals surface area (Å²) in [5.74, 6) is -0.291. The van der Waals surface area contributed by atoms with Crippen molar-refractivity contribution < 1.29 is 18.0 Å². The maximum absolute atomic E-state index is 12.3. The van der Waals surface area contributed by atoms with Gasteiger partial charge in [0.05, 0.1) is 6.54 Å². The Hall–Kier alpha value is -1.77. The van der Waals surface area contributed by atoms with E-state index in [0.29, 0.717) is 17.4 Å². The van der Waals surface area contributed by atoms with Gasteiger partial charge < -0.3 is 15.5 Å². The van der Waals surface area contributed by atoms with Crippen LogP contribution in [0.4, 0.5) is 13.2 Å². The maximum atomic E-state index is 12.3. The summed E-state index contributed by atoms with van der Waals surface area (Å²) < 4.78 is 36.8. The van der Waals surface area contributed by atoms with Gasteiger partial charge in [-0.2, -0.15) is 13.2 Å². The average Bonchev–Trinajstić information content (AvgIpc) is 3.00. The number of carbonyl (C=O) groups is 1. The molecule has 24 heavy (non-hydrogen) atoms. The number of nitrogens with one attached hydrogen (secondary N) is 2. The van der Waals surface area contributed by atoms with E-state index in [1.165, 1.54) is 11.9 Å². The van der Waals surface area contributed by atoms with Gasteiger partial charge in [0, 0.05) is 30.9 Å². The minimum absolute atomic E-state index is 0.136. The number of thiophene rings is 1. The lowest BCUT2D eigenvalue weighted by Gasteiger charge is -2.25. The minimum atomic E-state index is -4.41. The molecular weight excluding hydrogens is 341 g/mol. The van der Waals surface area contributed by atoms with Gasteiger partial charge in [-0.05, 0) is 11.4 Å². The summed E-state index contributed by atoms with van der Waals surface area (Å²) in [5, 5.41) is 7.83. The second-order valence-corrected chi connectivity index (χ2v) is 6.95. The maximum Gasteiger partial charge on any atom is 0.406 e. The van der Waals surface area contributed by atoms with Crippen LogP contribution in [0, 0.1) is 0 Å². The highest BCUT2D eigenvalue weighted by Crippen LogP contribution is 2.26. The molecule has 9 heteroatoms. The van der Waals surface area contributed by atoms with Gasteiger partial charge in [0.25, 0.3) is 0 Å². The Morgan fingerprint density at radius 3 is 2.50 bits per heavy atom. The van der Waals surface area contributed by atoms with Crippen LogP contribution in [0.5, 0.6) is 0 Å². The fourth-order valence-corrected chi connectivity index (χ4v) is 2.78. The van der Waals surface area contributed by atoms with Crippen LogP contribution in [0.25, 0.3) is 0 Å². The summed E-state index contributed by atoms with van der Waals surface area (Å²) in [6, 6.07) is 4.02. The molecule has 1 heterocycles. The Bertz CT molecular complexity index is 556. The molecule has 2 N–H and O–H groups in total. The third-order valence-corrected chi connectivity index (χ3v) is 4.59. The quantitative estimate of drug-likeness (QED) is 0.601. The van der Waals surface area contributed by atoms with Crippen molar-refractivity contribution in [2.45, 2.75) is 25.4 Å². The Morgan fingerprint density at radius 2 is 2.00 bits per heavy atom. The largest absolute Gasteiger partial charge is 0.406 e. The van der Waals surface area contributed by atoms with E-state index >= 15 is 0 Å². The fourth-order valence-electron chi connectivity index (χ4n) is 1.93. The van der Waals surface area contributed by atoms with E-state index in [1.54, 1.807) is 11.3 Å². The first-order valence-electron chi connectivity index (χ1n) is 7.34. The Morgan fingerprint density at radius 1 is 1.33 bits per heavy atom. The molecule has 0 radical (unpaired) electrons. The highest BCUT2D eigenvalue weighted by Gasteiger charge is 2.31. The van der Waals surface area contributed by atoms with Crippen LogP contribution >= 0.6 is 11.3 Å². The molecule has 0 unspecified atom stereocenters. The van der Waals surface area contributed by atoms with Crippen molar-refractivity contribution in [2.24, 2.45) is 4.99 Å². The summed E-state index contributed by atoms with van der Waals surface area (Å²) in [6.07, 6.45) is -4.41. The smallest absolute Gasteiger partial charge is 0.356 e. The lowest BCUT2D eigenvalue weighted by Crippen LogP contribution is -2.47. The predicted molar refractivity (Wildman–Crippen MR) is 90.4 cm³/mol. The van der Waals surface area contributed by atoms with E-state index in [2.05, 4.69) is 29.5 Å². The molecular formula is C15H23F3N4OS. The number of likely N-dealkylation sites (N-methyl/N-ethyl adjacent to an activating group) is 1. The molecule has 1 amide bonds. The highest BCUT2D eigenvalue weighted by atomic mass is 32.1. The van der Waals surface area contributed by atoms with Crippen molar-refractivity contribution in [2.75, 3.05) is 33.7 Å². The average molecular weight is 364 g/mol. The van der Waals surface area contributed by atoms with Crippen molar-refractivity contribution in [1.82, 2.24) is 15.5 Å². The zero-order valence-electron chi connectivity index (χ0n) is 14.2. The van der Waals surface area contributed by atoms with E-state index in [0.717, 1.165) is 7.05 Å². The van der Waals surface area contributed by atoms with Crippen LogP contribution in [0.2, 0.25) is 0 Å². The van der Waals surface area contributed by atoms with Crippen LogP contribution in [0.15, 0.2) is 22.5 Å². The third kappa shape index (κ3) is 6.77. The van der Waals surface area contributed by atoms with Crippen molar-refractivity contribution in [3.8, 4) is 0 Å². The van der Waals surface area contributed by atoms with E-state index in [4.69, 9.17) is 0 Å². The summed E-state index contributed by atoms with van der Waals surface area (Å²) in [5.41, 5.74) is -0.136. The van der Waals surface area contributed by atoms with Gasteiger partial charge in [0.1, 0.15) is 6.54 Å². The molecule has 5 nitrogen and oxygen atoms in total. The molecule has 0 aliphatic rings. The second-order valence-electron chi connectivity index (χ2n) is 6.01. The number of aliphatic imine (C=N–C) groups is 1. The molecule has 0 aliphatic heterocycles. The van der Waals surface area contributed by atoms with Gasteiger partial charge >= 0.3 is 6.18 Å². The third-order valence-electron chi connectivity index (χ3n) is 3.36. The number of rotatable bonds is 6. The summed E-state index contributed by atoms with van der Waals surface area (Å²) >= 11 is 1.65. The minimum Gasteiger partial charge on any atom is -0.356 e. The van der Waals surface area contributed by atoms with E-state index < -0.39 is 18.6 Å². The number of amides is 1. The molecule has 0 aliphatic carbocycles. The highest BCUT2D eigenvalue weighted by molar-refractivity contribution is 7.10. The Labute approximate surface area is 143 Å². The van der Waals surface area contributed by atoms with Crippen molar-refractivity contribution in [1.29, 1.82) is 0 Å². The molecule has 0 aromatic carbocycles. The van der Waals surface area contributed by atoms with Gasteiger partial charge in [-0.3, -0.25) is 9.79 Å². The van der Waals surface area contributed by atoms with Crippen LogP contribution < -0.4 is 10.6 Å². The zero-order valence-corrected chi connectivity index (χ0v) is 15.0. The number of carbonyl (C=O) groups excluding carboxylic acids is 1. The van der Waals surface area contributed by atoms with Crippen molar-refractivity contribution >= 4 is 23.2 Å². The Kier molecular flexibility index (Phi) is 7.07. The number of halogens is 3. The fraction of sp³-hybridized carbons (Fsp3) is 0.600. The van der Waals surface area contributed by atoms with Gasteiger partial charge in [0.15, 0.2) is 5.96 Å². The van der Waals surface area contributed by atoms with Crippen LogP contribution in [-0.2, 0) is 10.2 Å². The molecule has 136 valence electrons. The molecule has 0 saturated heterocycles. The normalized spacial score (nSPS) is 12.9. The van der Waals surface area contributed by atoms with Gasteiger partial charge in [-0.15, -0.1) is 11.3 Å². The summed E-state index contributed by atoms with van der Waals surface area (Å²) in [6.45, 7) is 3.18. The van der Waals surface area contributed by atoms with Crippen LogP contribution in [0.3, 0.4) is 0 Å². The molecule has 0 atom stereocenters. The van der Waals surface area contributed by atoms with Crippen molar-refractivity contribution in [3.63, 3.8) is 0 Å². The van der Waals surface area contributed by atoms with E-state index in [9.17, 15) is 18.0 Å². The standard InChI is InChI=1S/C15H23F3N4OS/c1-14(2,11-6-5-7-24-11)9-21-13(19-3)20-8-12(23)22(4)10-15(16,17)18/h5-7H,8-10H2,1-4H3,(H2,19,20,21). The number of alkyl halides is 3. The Balaban J connectivity index is 2.47. The van der Waals surface area contributed by atoms with Crippen LogP contribution in [-0.4, -0.2) is 56.7 Å². The van der Waals surface area contributed by atoms with Gasteiger partial charge in [-0.25, -0.2) is 0 Å². The molecule has 1 aromatic heterocycles. The monoisotopic (exact) mass is 364 g/mol. The first kappa shape index (κ1) is 20.3. The number of hydrogen-bond donors (Lipinski definition) is 2. The first-order valence-corrected chi connectivity index (χ1v) is 8.22. The van der Waals surface area contributed by atoms with Crippen LogP contribution in [0.1, 0.15) is 18.7 Å². The summed E-state index contributed by atoms with van der Waals surface area (Å²) in [7, 11) is 2.66. The van der Waals surface area contributed by atoms with E-state index in [-0.39, 0.29) is 12.0 Å². The van der Waals surface area contributed by atoms with Gasteiger partial charge in [0.2, 0.25) is 5.91 Å². The summed E-state index contributed by atoms with van der Waals surface area (Å²) in [4.78, 5) is 17.5. The molecule has 1 rings (SSSR count). The topological polar surface area (TPSA) is 56.7 Å².